The minimum absolute atomic E-state index is 0. The van der Waals surface area contributed by atoms with E-state index in [-0.39, 0.29) is 37.5 Å². The number of hydrogen-bond donors (Lipinski definition) is 0. The molecular formula is C58H57IrN3OSi-2. The molecular weight excluding hydrogens is 975 g/mol. The largest absolute Gasteiger partial charge is 0.501 e. The molecule has 7 aromatic carbocycles. The summed E-state index contributed by atoms with van der Waals surface area (Å²) in [6, 6.07) is 46.6. The van der Waals surface area contributed by atoms with Crippen LogP contribution in [0, 0.1) is 25.8 Å². The van der Waals surface area contributed by atoms with Crippen molar-refractivity contribution < 1.29 is 32.7 Å². The van der Waals surface area contributed by atoms with Crippen LogP contribution in [0.1, 0.15) is 95.3 Å². The number of fused-ring (bicyclic) bond motifs is 7. The molecule has 3 heterocycles. The Morgan fingerprint density at radius 1 is 0.688 bits per heavy atom. The molecule has 0 fully saturated rings. The molecule has 0 aliphatic heterocycles. The number of rotatable bonds is 7. The number of pyridine rings is 1. The molecule has 0 bridgehead atoms. The second-order valence-corrected chi connectivity index (χ2v) is 23.8. The Balaban J connectivity index is 0.000000264. The Hall–Kier alpha value is -5.65. The van der Waals surface area contributed by atoms with E-state index in [1.165, 1.54) is 27.9 Å². The van der Waals surface area contributed by atoms with Gasteiger partial charge in [-0.15, -0.1) is 53.1 Å². The quantitative estimate of drug-likeness (QED) is 0.0908. The van der Waals surface area contributed by atoms with Crippen molar-refractivity contribution in [2.24, 2.45) is 0 Å². The van der Waals surface area contributed by atoms with Crippen LogP contribution >= 0.6 is 0 Å². The molecule has 0 aliphatic carbocycles. The van der Waals surface area contributed by atoms with E-state index < -0.39 is 21.8 Å². The van der Waals surface area contributed by atoms with Gasteiger partial charge in [0.05, 0.1) is 30.5 Å². The molecule has 0 spiro atoms. The summed E-state index contributed by atoms with van der Waals surface area (Å²) in [5.41, 5.74) is 10.7. The number of aryl methyl sites for hydroxylation is 2. The Bertz CT molecular complexity index is 3460. The van der Waals surface area contributed by atoms with Crippen molar-refractivity contribution in [2.75, 3.05) is 0 Å². The monoisotopic (exact) mass is 1040 g/mol. The van der Waals surface area contributed by atoms with E-state index in [2.05, 4.69) is 144 Å². The van der Waals surface area contributed by atoms with Gasteiger partial charge >= 0.3 is 0 Å². The van der Waals surface area contributed by atoms with Crippen LogP contribution in [0.2, 0.25) is 19.6 Å². The van der Waals surface area contributed by atoms with E-state index >= 15 is 0 Å². The second-order valence-electron chi connectivity index (χ2n) is 18.7. The van der Waals surface area contributed by atoms with Crippen molar-refractivity contribution in [3.8, 4) is 28.3 Å². The Morgan fingerprint density at radius 2 is 1.42 bits per heavy atom. The summed E-state index contributed by atoms with van der Waals surface area (Å²) in [5, 5.41) is 7.02. The van der Waals surface area contributed by atoms with Crippen molar-refractivity contribution in [3.63, 3.8) is 0 Å². The molecule has 0 unspecified atom stereocenters. The van der Waals surface area contributed by atoms with Gasteiger partial charge in [-0.1, -0.05) is 159 Å². The van der Waals surface area contributed by atoms with Gasteiger partial charge in [0.25, 0.3) is 0 Å². The first-order valence-corrected chi connectivity index (χ1v) is 25.5. The third-order valence-corrected chi connectivity index (χ3v) is 14.3. The summed E-state index contributed by atoms with van der Waals surface area (Å²) >= 11 is 0. The molecule has 0 aliphatic rings. The van der Waals surface area contributed by atoms with Crippen LogP contribution in [0.5, 0.6) is 0 Å². The second kappa shape index (κ2) is 17.7. The first-order chi connectivity index (χ1) is 32.6. The molecule has 0 saturated heterocycles. The van der Waals surface area contributed by atoms with Gasteiger partial charge in [0.2, 0.25) is 0 Å². The first-order valence-electron chi connectivity index (χ1n) is 25.0. The normalized spacial score (nSPS) is 13.8. The predicted octanol–water partition coefficient (Wildman–Crippen LogP) is 15.8. The number of nitrogens with zero attached hydrogens (tertiary/aromatic N) is 3. The molecule has 10 rings (SSSR count). The SMILES string of the molecule is [2H]C([2H])([2H])c1c[c-]c(-c2ccc([Si](C)(C)C)cn2)cc1.[2H]C([2H])([2H])c1c[c-]c(-c2nc3ccccc3n2-c2c(C(C)C)cc(C(C)C)cc2C(C)C)c2oc3cc4c(ccc5ccccc54)cc3c12.[Ir]. The number of para-hydroxylation sites is 2. The van der Waals surface area contributed by atoms with E-state index in [9.17, 15) is 0 Å². The van der Waals surface area contributed by atoms with Crippen LogP contribution < -0.4 is 5.19 Å². The zero-order chi connectivity index (χ0) is 49.3. The van der Waals surface area contributed by atoms with Gasteiger partial charge in [-0.2, -0.15) is 0 Å². The fraction of sp³-hybridized carbons (Fsp3) is 0.241. The van der Waals surface area contributed by atoms with Crippen molar-refractivity contribution in [3.05, 3.63) is 167 Å². The molecule has 0 saturated carbocycles. The fourth-order valence-electron chi connectivity index (χ4n) is 8.67. The molecule has 0 N–H and O–H groups in total. The Labute approximate surface area is 401 Å². The number of furan rings is 1. The van der Waals surface area contributed by atoms with Gasteiger partial charge in [-0.25, -0.2) is 0 Å². The van der Waals surface area contributed by atoms with Crippen LogP contribution in [0.25, 0.3) is 82.8 Å². The van der Waals surface area contributed by atoms with E-state index in [0.29, 0.717) is 39.4 Å². The molecule has 0 amide bonds. The number of aromatic nitrogens is 3. The van der Waals surface area contributed by atoms with Crippen molar-refractivity contribution in [2.45, 2.75) is 92.6 Å². The summed E-state index contributed by atoms with van der Waals surface area (Å²) in [5.74, 6) is 1.55. The average molecular weight is 1040 g/mol. The summed E-state index contributed by atoms with van der Waals surface area (Å²) in [6.45, 7) is 15.9. The van der Waals surface area contributed by atoms with Gasteiger partial charge in [0, 0.05) is 45.6 Å². The van der Waals surface area contributed by atoms with E-state index in [4.69, 9.17) is 17.6 Å². The van der Waals surface area contributed by atoms with E-state index in [1.54, 1.807) is 18.2 Å². The molecule has 6 heteroatoms. The van der Waals surface area contributed by atoms with Gasteiger partial charge < -0.3 is 14.0 Å². The average Bonchev–Trinajstić information content (AvgIpc) is 3.88. The van der Waals surface area contributed by atoms with Crippen LogP contribution in [0.4, 0.5) is 0 Å². The standard InChI is InChI=1S/C43H39N2O.C15H18NSi.Ir/c1-24(2)30-21-33(25(3)4)41(34(22-30)26(5)6)45-38-15-11-10-14-37(38)44-43(45)32-19-16-27(7)40-36-20-29-18-17-28-12-8-9-13-31(28)35(29)23-39(36)46-42(32)40;1-12-5-7-13(8-6-12)15-10-9-14(11-16-15)17(2,3)4;/h8-18,20-26H,1-7H3;5-7,9-11H,1-4H3;/q2*-1;/i7D3;1D3;. The van der Waals surface area contributed by atoms with Gasteiger partial charge in [-0.05, 0) is 91.1 Å². The maximum atomic E-state index is 8.54. The zero-order valence-electron chi connectivity index (χ0n) is 43.9. The minimum Gasteiger partial charge on any atom is -0.501 e. The zero-order valence-corrected chi connectivity index (χ0v) is 41.3. The number of hydrogen-bond acceptors (Lipinski definition) is 3. The Kier molecular flexibility index (Phi) is 10.4. The first kappa shape index (κ1) is 37.7. The van der Waals surface area contributed by atoms with Gasteiger partial charge in [-0.3, -0.25) is 4.98 Å². The summed E-state index contributed by atoms with van der Waals surface area (Å²) in [6.07, 6.45) is 1.92. The molecule has 64 heavy (non-hydrogen) atoms. The van der Waals surface area contributed by atoms with Crippen molar-refractivity contribution in [1.82, 2.24) is 14.5 Å². The van der Waals surface area contributed by atoms with Crippen LogP contribution in [-0.2, 0) is 20.1 Å². The minimum atomic E-state index is -2.37. The number of benzene rings is 7. The maximum Gasteiger partial charge on any atom is 0.121 e. The fourth-order valence-corrected chi connectivity index (χ4v) is 9.70. The molecule has 0 atom stereocenters. The van der Waals surface area contributed by atoms with E-state index in [0.717, 1.165) is 54.9 Å². The smallest absolute Gasteiger partial charge is 0.121 e. The summed E-state index contributed by atoms with van der Waals surface area (Å²) in [7, 11) is -1.34. The molecule has 4 nitrogen and oxygen atoms in total. The third kappa shape index (κ3) is 8.28. The Morgan fingerprint density at radius 3 is 2.08 bits per heavy atom. The topological polar surface area (TPSA) is 43.9 Å². The summed E-state index contributed by atoms with van der Waals surface area (Å²) in [4.78, 5) is 9.73. The van der Waals surface area contributed by atoms with E-state index in [1.807, 2.05) is 42.6 Å². The number of imidazole rings is 1. The summed E-state index contributed by atoms with van der Waals surface area (Å²) < 4.78 is 56.7. The van der Waals surface area contributed by atoms with Crippen molar-refractivity contribution in [1.29, 1.82) is 0 Å². The van der Waals surface area contributed by atoms with Gasteiger partial charge in [0.15, 0.2) is 0 Å². The van der Waals surface area contributed by atoms with Crippen LogP contribution in [-0.4, -0.2) is 22.6 Å². The maximum absolute atomic E-state index is 8.54. The van der Waals surface area contributed by atoms with Gasteiger partial charge in [0.1, 0.15) is 5.58 Å². The van der Waals surface area contributed by atoms with Crippen LogP contribution in [0.15, 0.2) is 132 Å². The molecule has 325 valence electrons. The predicted molar refractivity (Wildman–Crippen MR) is 271 cm³/mol. The van der Waals surface area contributed by atoms with Crippen LogP contribution in [0.3, 0.4) is 0 Å². The third-order valence-electron chi connectivity index (χ3n) is 12.2. The molecule has 1 radical (unpaired) electrons. The van der Waals surface area contributed by atoms with Crippen molar-refractivity contribution >= 4 is 67.8 Å². The molecule has 10 aromatic rings. The molecule has 3 aromatic heterocycles.